The second-order valence-corrected chi connectivity index (χ2v) is 4.99. The highest BCUT2D eigenvalue weighted by atomic mass is 32.2. The molecule has 1 rings (SSSR count). The number of thioether (sulfide) groups is 1. The fourth-order valence-electron chi connectivity index (χ4n) is 1.40. The highest BCUT2D eigenvalue weighted by Gasteiger charge is 2.08. The van der Waals surface area contributed by atoms with E-state index in [9.17, 15) is 14.4 Å². The van der Waals surface area contributed by atoms with E-state index >= 15 is 0 Å². The summed E-state index contributed by atoms with van der Waals surface area (Å²) >= 11 is 1.30. The summed E-state index contributed by atoms with van der Waals surface area (Å²) in [7, 11) is 1.30. The summed E-state index contributed by atoms with van der Waals surface area (Å²) in [5.74, 6) is -0.348. The van der Waals surface area contributed by atoms with Crippen LogP contribution < -0.4 is 11.1 Å². The van der Waals surface area contributed by atoms with Gasteiger partial charge in [0.25, 0.3) is 0 Å². The lowest BCUT2D eigenvalue weighted by atomic mass is 10.2. The van der Waals surface area contributed by atoms with Crippen molar-refractivity contribution >= 4 is 35.2 Å². The molecule has 108 valence electrons. The van der Waals surface area contributed by atoms with Crippen LogP contribution in [0.2, 0.25) is 0 Å². The second kappa shape index (κ2) is 8.21. The molecule has 0 radical (unpaired) electrons. The lowest BCUT2D eigenvalue weighted by Crippen LogP contribution is -2.16. The standard InChI is InChI=1S/C13H16N2O4S/c1-19-13(18)9-3-2-4-10(7-9)15-12(17)5-6-20-8-11(14)16/h2-4,7H,5-6,8H2,1H3,(H2,14,16)(H,15,17). The van der Waals surface area contributed by atoms with Crippen molar-refractivity contribution in [2.75, 3.05) is 23.9 Å². The van der Waals surface area contributed by atoms with Crippen molar-refractivity contribution in [1.29, 1.82) is 0 Å². The minimum atomic E-state index is -0.460. The fraction of sp³-hybridized carbons (Fsp3) is 0.308. The van der Waals surface area contributed by atoms with Crippen LogP contribution in [-0.2, 0) is 14.3 Å². The number of nitrogens with two attached hydrogens (primary N) is 1. The molecule has 0 unspecified atom stereocenters. The normalized spacial score (nSPS) is 9.85. The van der Waals surface area contributed by atoms with Crippen molar-refractivity contribution in [2.24, 2.45) is 5.73 Å². The molecule has 0 aliphatic heterocycles. The molecular formula is C13H16N2O4S. The molecule has 0 saturated heterocycles. The van der Waals surface area contributed by atoms with E-state index < -0.39 is 11.9 Å². The molecule has 0 fully saturated rings. The minimum Gasteiger partial charge on any atom is -0.465 e. The topological polar surface area (TPSA) is 98.5 Å². The Hall–Kier alpha value is -2.02. The first-order valence-electron chi connectivity index (χ1n) is 5.87. The number of rotatable bonds is 7. The van der Waals surface area contributed by atoms with Crippen LogP contribution in [0.15, 0.2) is 24.3 Å². The number of benzene rings is 1. The Morgan fingerprint density at radius 3 is 2.75 bits per heavy atom. The SMILES string of the molecule is COC(=O)c1cccc(NC(=O)CCSCC(N)=O)c1. The number of carbonyl (C=O) groups excluding carboxylic acids is 3. The van der Waals surface area contributed by atoms with Gasteiger partial charge >= 0.3 is 5.97 Å². The average molecular weight is 296 g/mol. The van der Waals surface area contributed by atoms with E-state index in [0.29, 0.717) is 17.0 Å². The molecular weight excluding hydrogens is 280 g/mol. The van der Waals surface area contributed by atoms with E-state index in [0.717, 1.165) is 0 Å². The van der Waals surface area contributed by atoms with Crippen LogP contribution in [0.1, 0.15) is 16.8 Å². The molecule has 3 N–H and O–H groups in total. The van der Waals surface area contributed by atoms with E-state index in [1.807, 2.05) is 0 Å². The number of methoxy groups -OCH3 is 1. The van der Waals surface area contributed by atoms with Gasteiger partial charge in [-0.1, -0.05) is 6.07 Å². The second-order valence-electron chi connectivity index (χ2n) is 3.89. The molecule has 20 heavy (non-hydrogen) atoms. The van der Waals surface area contributed by atoms with E-state index in [2.05, 4.69) is 10.1 Å². The van der Waals surface area contributed by atoms with Crippen molar-refractivity contribution < 1.29 is 19.1 Å². The molecule has 0 bridgehead atoms. The lowest BCUT2D eigenvalue weighted by molar-refractivity contribution is -0.116. The van der Waals surface area contributed by atoms with Crippen molar-refractivity contribution in [3.63, 3.8) is 0 Å². The fourth-order valence-corrected chi connectivity index (χ4v) is 2.08. The number of primary amides is 1. The molecule has 6 nitrogen and oxygen atoms in total. The Labute approximate surface area is 121 Å². The van der Waals surface area contributed by atoms with E-state index in [-0.39, 0.29) is 18.1 Å². The van der Waals surface area contributed by atoms with Crippen LogP contribution in [0, 0.1) is 0 Å². The summed E-state index contributed by atoms with van der Waals surface area (Å²) < 4.78 is 4.60. The third-order valence-corrected chi connectivity index (χ3v) is 3.27. The molecule has 1 aromatic carbocycles. The van der Waals surface area contributed by atoms with Crippen LogP contribution in [-0.4, -0.2) is 36.4 Å². The molecule has 0 aliphatic carbocycles. The molecule has 1 aromatic rings. The number of anilines is 1. The zero-order valence-corrected chi connectivity index (χ0v) is 11.9. The Morgan fingerprint density at radius 2 is 2.10 bits per heavy atom. The van der Waals surface area contributed by atoms with Gasteiger partial charge in [0, 0.05) is 17.9 Å². The third kappa shape index (κ3) is 5.75. The predicted molar refractivity (Wildman–Crippen MR) is 77.5 cm³/mol. The van der Waals surface area contributed by atoms with Gasteiger partial charge in [-0.3, -0.25) is 9.59 Å². The molecule has 0 spiro atoms. The molecule has 0 atom stereocenters. The van der Waals surface area contributed by atoms with Gasteiger partial charge in [-0.05, 0) is 18.2 Å². The highest BCUT2D eigenvalue weighted by Crippen LogP contribution is 2.12. The Balaban J connectivity index is 2.45. The van der Waals surface area contributed by atoms with Gasteiger partial charge in [0.1, 0.15) is 0 Å². The summed E-state index contributed by atoms with van der Waals surface area (Å²) in [6.45, 7) is 0. The monoisotopic (exact) mass is 296 g/mol. The van der Waals surface area contributed by atoms with Gasteiger partial charge in [0.2, 0.25) is 11.8 Å². The Kier molecular flexibility index (Phi) is 6.58. The van der Waals surface area contributed by atoms with Gasteiger partial charge in [-0.25, -0.2) is 4.79 Å². The number of hydrogen-bond donors (Lipinski definition) is 2. The van der Waals surface area contributed by atoms with Gasteiger partial charge in [0.15, 0.2) is 0 Å². The molecule has 2 amide bonds. The first-order valence-corrected chi connectivity index (χ1v) is 7.02. The van der Waals surface area contributed by atoms with Gasteiger partial charge in [0.05, 0.1) is 18.4 Å². The van der Waals surface area contributed by atoms with Gasteiger partial charge < -0.3 is 15.8 Å². The molecule has 0 saturated carbocycles. The number of carbonyl (C=O) groups is 3. The molecule has 0 aromatic heterocycles. The third-order valence-electron chi connectivity index (χ3n) is 2.29. The smallest absolute Gasteiger partial charge is 0.337 e. The average Bonchev–Trinajstić information content (AvgIpc) is 2.43. The number of nitrogens with one attached hydrogen (secondary N) is 1. The lowest BCUT2D eigenvalue weighted by Gasteiger charge is -2.06. The quantitative estimate of drug-likeness (QED) is 0.578. The maximum absolute atomic E-state index is 11.7. The van der Waals surface area contributed by atoms with E-state index in [1.165, 1.54) is 18.9 Å². The van der Waals surface area contributed by atoms with Crippen LogP contribution in [0.25, 0.3) is 0 Å². The highest BCUT2D eigenvalue weighted by molar-refractivity contribution is 7.99. The van der Waals surface area contributed by atoms with Crippen molar-refractivity contribution in [3.05, 3.63) is 29.8 Å². The molecule has 0 aliphatic rings. The first-order chi connectivity index (χ1) is 9.52. The number of amides is 2. The van der Waals surface area contributed by atoms with Crippen molar-refractivity contribution in [2.45, 2.75) is 6.42 Å². The first kappa shape index (κ1) is 16.0. The van der Waals surface area contributed by atoms with Crippen LogP contribution in [0.4, 0.5) is 5.69 Å². The van der Waals surface area contributed by atoms with E-state index in [1.54, 1.807) is 24.3 Å². The number of ether oxygens (including phenoxy) is 1. The summed E-state index contributed by atoms with van der Waals surface area (Å²) in [5, 5.41) is 2.67. The maximum Gasteiger partial charge on any atom is 0.337 e. The zero-order chi connectivity index (χ0) is 15.0. The largest absolute Gasteiger partial charge is 0.465 e. The van der Waals surface area contributed by atoms with Gasteiger partial charge in [-0.2, -0.15) is 11.8 Å². The van der Waals surface area contributed by atoms with Crippen LogP contribution in [0.3, 0.4) is 0 Å². The molecule has 0 heterocycles. The minimum absolute atomic E-state index is 0.191. The van der Waals surface area contributed by atoms with Gasteiger partial charge in [-0.15, -0.1) is 0 Å². The van der Waals surface area contributed by atoms with Crippen molar-refractivity contribution in [3.8, 4) is 0 Å². The summed E-state index contributed by atoms with van der Waals surface area (Å²) in [6.07, 6.45) is 0.264. The summed E-state index contributed by atoms with van der Waals surface area (Å²) in [4.78, 5) is 33.5. The Bertz CT molecular complexity index is 505. The Morgan fingerprint density at radius 1 is 1.35 bits per heavy atom. The van der Waals surface area contributed by atoms with Crippen LogP contribution in [0.5, 0.6) is 0 Å². The van der Waals surface area contributed by atoms with Crippen LogP contribution >= 0.6 is 11.8 Å². The predicted octanol–water partition coefficient (Wildman–Crippen LogP) is 1.02. The summed E-state index contributed by atoms with van der Waals surface area (Å²) in [5.41, 5.74) is 5.88. The van der Waals surface area contributed by atoms with E-state index in [4.69, 9.17) is 5.73 Å². The number of hydrogen-bond acceptors (Lipinski definition) is 5. The number of esters is 1. The maximum atomic E-state index is 11.7. The zero-order valence-electron chi connectivity index (χ0n) is 11.0. The molecule has 7 heteroatoms. The summed E-state index contributed by atoms with van der Waals surface area (Å²) in [6, 6.07) is 6.48. The van der Waals surface area contributed by atoms with Crippen molar-refractivity contribution in [1.82, 2.24) is 0 Å².